The molecule has 2 aromatic carbocycles. The standard InChI is InChI=1S/C13H10N2O5S/c1-8-2-4-11(16)13(6-8)21-12-5-3-9(14(17)18)7-10(12)15(19)20/h2-7,16H,1H3. The van der Waals surface area contributed by atoms with E-state index in [1.54, 1.807) is 12.1 Å². The summed E-state index contributed by atoms with van der Waals surface area (Å²) in [6.07, 6.45) is 0. The van der Waals surface area contributed by atoms with Gasteiger partial charge in [-0.1, -0.05) is 17.8 Å². The smallest absolute Gasteiger partial charge is 0.290 e. The fourth-order valence-corrected chi connectivity index (χ4v) is 2.70. The summed E-state index contributed by atoms with van der Waals surface area (Å²) in [5, 5.41) is 31.5. The molecular weight excluding hydrogens is 296 g/mol. The number of nitrogens with zero attached hydrogens (tertiary/aromatic N) is 2. The lowest BCUT2D eigenvalue weighted by Gasteiger charge is -2.06. The highest BCUT2D eigenvalue weighted by atomic mass is 32.2. The molecule has 0 bridgehead atoms. The maximum atomic E-state index is 11.0. The van der Waals surface area contributed by atoms with Crippen molar-refractivity contribution in [3.63, 3.8) is 0 Å². The van der Waals surface area contributed by atoms with Gasteiger partial charge in [0, 0.05) is 6.07 Å². The lowest BCUT2D eigenvalue weighted by atomic mass is 10.2. The van der Waals surface area contributed by atoms with Crippen molar-refractivity contribution in [2.24, 2.45) is 0 Å². The molecule has 0 saturated carbocycles. The van der Waals surface area contributed by atoms with Crippen LogP contribution in [0.1, 0.15) is 5.56 Å². The van der Waals surface area contributed by atoms with E-state index in [2.05, 4.69) is 0 Å². The van der Waals surface area contributed by atoms with Gasteiger partial charge in [-0.2, -0.15) is 0 Å². The molecule has 108 valence electrons. The van der Waals surface area contributed by atoms with Crippen LogP contribution in [0.15, 0.2) is 46.2 Å². The zero-order valence-corrected chi connectivity index (χ0v) is 11.7. The third-order valence-corrected chi connectivity index (χ3v) is 3.80. The molecule has 0 heterocycles. The van der Waals surface area contributed by atoms with Gasteiger partial charge >= 0.3 is 0 Å². The Balaban J connectivity index is 2.46. The van der Waals surface area contributed by atoms with Gasteiger partial charge in [0.1, 0.15) is 5.75 Å². The minimum atomic E-state index is -0.689. The number of phenolic OH excluding ortho intramolecular Hbond substituents is 1. The number of nitro benzene ring substituents is 2. The molecule has 0 aromatic heterocycles. The summed E-state index contributed by atoms with van der Waals surface area (Å²) < 4.78 is 0. The summed E-state index contributed by atoms with van der Waals surface area (Å²) in [7, 11) is 0. The molecule has 2 rings (SSSR count). The first-order valence-electron chi connectivity index (χ1n) is 5.79. The van der Waals surface area contributed by atoms with Gasteiger partial charge in [0.2, 0.25) is 0 Å². The number of aromatic hydroxyl groups is 1. The lowest BCUT2D eigenvalue weighted by molar-refractivity contribution is -0.396. The van der Waals surface area contributed by atoms with E-state index in [1.165, 1.54) is 18.2 Å². The van der Waals surface area contributed by atoms with Crippen molar-refractivity contribution >= 4 is 23.1 Å². The first-order valence-corrected chi connectivity index (χ1v) is 6.60. The Morgan fingerprint density at radius 1 is 1.00 bits per heavy atom. The number of aryl methyl sites for hydroxylation is 1. The summed E-state index contributed by atoms with van der Waals surface area (Å²) in [5.41, 5.74) is 0.175. The van der Waals surface area contributed by atoms with E-state index < -0.39 is 9.85 Å². The average molecular weight is 306 g/mol. The Bertz CT molecular complexity index is 732. The Morgan fingerprint density at radius 3 is 2.33 bits per heavy atom. The van der Waals surface area contributed by atoms with Crippen LogP contribution in [0.5, 0.6) is 5.75 Å². The molecule has 1 N–H and O–H groups in total. The Hall–Kier alpha value is -2.61. The molecule has 8 heteroatoms. The quantitative estimate of drug-likeness (QED) is 0.682. The summed E-state index contributed by atoms with van der Waals surface area (Å²) >= 11 is 0.989. The SMILES string of the molecule is Cc1ccc(O)c(Sc2ccc([N+](=O)[O-])cc2[N+](=O)[O-])c1. The van der Waals surface area contributed by atoms with Crippen LogP contribution < -0.4 is 0 Å². The van der Waals surface area contributed by atoms with Crippen LogP contribution >= 0.6 is 11.8 Å². The normalized spacial score (nSPS) is 10.3. The highest BCUT2D eigenvalue weighted by Gasteiger charge is 2.21. The minimum absolute atomic E-state index is 0.00162. The van der Waals surface area contributed by atoms with Crippen LogP contribution in [0.2, 0.25) is 0 Å². The number of hydrogen-bond acceptors (Lipinski definition) is 6. The number of non-ortho nitro benzene ring substituents is 1. The molecular formula is C13H10N2O5S. The van der Waals surface area contributed by atoms with E-state index >= 15 is 0 Å². The molecule has 0 fully saturated rings. The van der Waals surface area contributed by atoms with Gasteiger partial charge in [-0.25, -0.2) is 0 Å². The fraction of sp³-hybridized carbons (Fsp3) is 0.0769. The molecule has 0 radical (unpaired) electrons. The Labute approximate surface area is 123 Å². The van der Waals surface area contributed by atoms with Gasteiger partial charge in [-0.3, -0.25) is 20.2 Å². The summed E-state index contributed by atoms with van der Waals surface area (Å²) in [6, 6.07) is 8.31. The predicted molar refractivity (Wildman–Crippen MR) is 76.7 cm³/mol. The van der Waals surface area contributed by atoms with E-state index in [4.69, 9.17) is 0 Å². The lowest BCUT2D eigenvalue weighted by Crippen LogP contribution is -1.94. The predicted octanol–water partition coefficient (Wildman–Crippen LogP) is 3.67. The monoisotopic (exact) mass is 306 g/mol. The highest BCUT2D eigenvalue weighted by Crippen LogP contribution is 2.40. The number of rotatable bonds is 4. The van der Waals surface area contributed by atoms with E-state index in [0.717, 1.165) is 23.4 Å². The maximum Gasteiger partial charge on any atom is 0.290 e. The molecule has 0 saturated heterocycles. The third kappa shape index (κ3) is 3.29. The molecule has 0 unspecified atom stereocenters. The minimum Gasteiger partial charge on any atom is -0.507 e. The zero-order chi connectivity index (χ0) is 15.6. The third-order valence-electron chi connectivity index (χ3n) is 2.69. The number of nitro groups is 2. The zero-order valence-electron chi connectivity index (χ0n) is 10.8. The van der Waals surface area contributed by atoms with Crippen molar-refractivity contribution in [3.05, 3.63) is 62.2 Å². The number of hydrogen-bond donors (Lipinski definition) is 1. The summed E-state index contributed by atoms with van der Waals surface area (Å²) in [6.45, 7) is 1.83. The Morgan fingerprint density at radius 2 is 1.71 bits per heavy atom. The molecule has 7 nitrogen and oxygen atoms in total. The van der Waals surface area contributed by atoms with Crippen molar-refractivity contribution < 1.29 is 15.0 Å². The van der Waals surface area contributed by atoms with Gasteiger partial charge in [-0.15, -0.1) is 0 Å². The van der Waals surface area contributed by atoms with Gasteiger partial charge in [0.15, 0.2) is 0 Å². The largest absolute Gasteiger partial charge is 0.507 e. The van der Waals surface area contributed by atoms with Gasteiger partial charge in [0.05, 0.1) is 25.7 Å². The second-order valence-electron chi connectivity index (χ2n) is 4.24. The van der Waals surface area contributed by atoms with Crippen molar-refractivity contribution in [3.8, 4) is 5.75 Å². The number of phenols is 1. The second kappa shape index (κ2) is 5.80. The van der Waals surface area contributed by atoms with Crippen LogP contribution in [-0.4, -0.2) is 15.0 Å². The fourth-order valence-electron chi connectivity index (χ4n) is 1.67. The summed E-state index contributed by atoms with van der Waals surface area (Å²) in [4.78, 5) is 21.0. The first kappa shape index (κ1) is 14.8. The second-order valence-corrected chi connectivity index (χ2v) is 5.32. The van der Waals surface area contributed by atoms with Gasteiger partial charge in [-0.05, 0) is 30.7 Å². The molecule has 0 amide bonds. The molecule has 21 heavy (non-hydrogen) atoms. The van der Waals surface area contributed by atoms with E-state index in [1.807, 2.05) is 6.92 Å². The van der Waals surface area contributed by atoms with Crippen LogP contribution in [0.4, 0.5) is 11.4 Å². The van der Waals surface area contributed by atoms with Crippen LogP contribution in [0.25, 0.3) is 0 Å². The average Bonchev–Trinajstić information content (AvgIpc) is 2.42. The molecule has 0 spiro atoms. The topological polar surface area (TPSA) is 107 Å². The number of benzene rings is 2. The van der Waals surface area contributed by atoms with Crippen molar-refractivity contribution in [2.75, 3.05) is 0 Å². The Kier molecular flexibility index (Phi) is 4.08. The highest BCUT2D eigenvalue weighted by molar-refractivity contribution is 7.99. The molecule has 0 aliphatic heterocycles. The van der Waals surface area contributed by atoms with Gasteiger partial charge in [0.25, 0.3) is 11.4 Å². The first-order chi connectivity index (χ1) is 9.88. The van der Waals surface area contributed by atoms with Crippen molar-refractivity contribution in [1.82, 2.24) is 0 Å². The maximum absolute atomic E-state index is 11.0. The van der Waals surface area contributed by atoms with E-state index in [-0.39, 0.29) is 22.0 Å². The molecule has 0 aliphatic carbocycles. The van der Waals surface area contributed by atoms with Crippen LogP contribution in [-0.2, 0) is 0 Å². The van der Waals surface area contributed by atoms with E-state index in [0.29, 0.717) is 4.90 Å². The van der Waals surface area contributed by atoms with E-state index in [9.17, 15) is 25.3 Å². The van der Waals surface area contributed by atoms with Crippen molar-refractivity contribution in [2.45, 2.75) is 16.7 Å². The molecule has 0 aliphatic rings. The van der Waals surface area contributed by atoms with Crippen LogP contribution in [0.3, 0.4) is 0 Å². The molecule has 2 aromatic rings. The van der Waals surface area contributed by atoms with Crippen molar-refractivity contribution in [1.29, 1.82) is 0 Å². The van der Waals surface area contributed by atoms with Crippen LogP contribution in [0, 0.1) is 27.2 Å². The van der Waals surface area contributed by atoms with Gasteiger partial charge < -0.3 is 5.11 Å². The molecule has 0 atom stereocenters. The summed E-state index contributed by atoms with van der Waals surface area (Å²) in [5.74, 6) is -0.00162.